The molecule has 3 rings (SSSR count). The molecule has 0 aliphatic rings. The Hall–Kier alpha value is -2.28. The summed E-state index contributed by atoms with van der Waals surface area (Å²) < 4.78 is 11.1. The summed E-state index contributed by atoms with van der Waals surface area (Å²) in [6, 6.07) is 3.49. The van der Waals surface area contributed by atoms with Crippen molar-refractivity contribution in [1.82, 2.24) is 10.2 Å². The lowest BCUT2D eigenvalue weighted by molar-refractivity contribution is 0.417. The number of nitrogen functional groups attached to an aromatic ring is 1. The third-order valence-corrected chi connectivity index (χ3v) is 3.40. The summed E-state index contributed by atoms with van der Waals surface area (Å²) in [4.78, 5) is 10.9. The number of ether oxygens (including phenoxy) is 1. The van der Waals surface area contributed by atoms with Crippen LogP contribution in [0.25, 0.3) is 21.4 Å². The Morgan fingerprint density at radius 3 is 2.94 bits per heavy atom. The number of aromatic amines is 1. The van der Waals surface area contributed by atoms with E-state index in [1.54, 1.807) is 25.4 Å². The van der Waals surface area contributed by atoms with Crippen LogP contribution in [0.5, 0.6) is 5.75 Å². The van der Waals surface area contributed by atoms with Gasteiger partial charge < -0.3 is 14.9 Å². The maximum atomic E-state index is 11.2. The standard InChI is InChI=1S/C11H9N3O3S/c1-16-7-3-9-8(17-11(15)18-9)2-5(7)6-4-13-14-10(6)12/h2-4H,1H3,(H3,12,13,14). The Morgan fingerprint density at radius 1 is 1.44 bits per heavy atom. The van der Waals surface area contributed by atoms with Crippen molar-refractivity contribution in [2.75, 3.05) is 12.8 Å². The third-order valence-electron chi connectivity index (χ3n) is 2.61. The van der Waals surface area contributed by atoms with Gasteiger partial charge in [-0.05, 0) is 6.07 Å². The van der Waals surface area contributed by atoms with E-state index in [0.717, 1.165) is 21.6 Å². The predicted octanol–water partition coefficient (Wildman–Crippen LogP) is 1.84. The van der Waals surface area contributed by atoms with Gasteiger partial charge in [0.15, 0.2) is 0 Å². The highest BCUT2D eigenvalue weighted by atomic mass is 32.1. The summed E-state index contributed by atoms with van der Waals surface area (Å²) in [6.07, 6.45) is 1.60. The van der Waals surface area contributed by atoms with E-state index < -0.39 is 0 Å². The fraction of sp³-hybridized carbons (Fsp3) is 0.0909. The molecule has 0 saturated heterocycles. The highest BCUT2D eigenvalue weighted by molar-refractivity contribution is 7.16. The smallest absolute Gasteiger partial charge is 0.396 e. The highest BCUT2D eigenvalue weighted by Gasteiger charge is 2.14. The van der Waals surface area contributed by atoms with E-state index in [0.29, 0.717) is 22.7 Å². The number of aromatic nitrogens is 2. The Labute approximate surface area is 105 Å². The molecule has 6 nitrogen and oxygen atoms in total. The molecule has 3 N–H and O–H groups in total. The zero-order chi connectivity index (χ0) is 12.7. The molecule has 1 aromatic carbocycles. The molecule has 2 aromatic heterocycles. The molecule has 0 saturated carbocycles. The van der Waals surface area contributed by atoms with E-state index in [4.69, 9.17) is 14.9 Å². The fourth-order valence-electron chi connectivity index (χ4n) is 1.79. The number of nitrogens with zero attached hydrogens (tertiary/aromatic N) is 1. The topological polar surface area (TPSA) is 94.1 Å². The van der Waals surface area contributed by atoms with Gasteiger partial charge in [0.05, 0.1) is 18.0 Å². The second-order valence-electron chi connectivity index (χ2n) is 3.65. The maximum absolute atomic E-state index is 11.2. The van der Waals surface area contributed by atoms with Gasteiger partial charge in [-0.2, -0.15) is 5.10 Å². The maximum Gasteiger partial charge on any atom is 0.396 e. The van der Waals surface area contributed by atoms with Crippen LogP contribution in [0.4, 0.5) is 5.82 Å². The van der Waals surface area contributed by atoms with Crippen LogP contribution in [-0.2, 0) is 0 Å². The van der Waals surface area contributed by atoms with Gasteiger partial charge in [-0.3, -0.25) is 5.10 Å². The summed E-state index contributed by atoms with van der Waals surface area (Å²) in [5.41, 5.74) is 7.74. The van der Waals surface area contributed by atoms with Crippen molar-refractivity contribution in [3.05, 3.63) is 28.1 Å². The van der Waals surface area contributed by atoms with E-state index in [2.05, 4.69) is 10.2 Å². The molecule has 0 amide bonds. The monoisotopic (exact) mass is 263 g/mol. The summed E-state index contributed by atoms with van der Waals surface area (Å²) in [5.74, 6) is 1.05. The van der Waals surface area contributed by atoms with Crippen molar-refractivity contribution in [3.8, 4) is 16.9 Å². The largest absolute Gasteiger partial charge is 0.496 e. The van der Waals surface area contributed by atoms with Crippen LogP contribution in [-0.4, -0.2) is 17.3 Å². The highest BCUT2D eigenvalue weighted by Crippen LogP contribution is 2.36. The van der Waals surface area contributed by atoms with Crippen LogP contribution in [0, 0.1) is 0 Å². The minimum Gasteiger partial charge on any atom is -0.496 e. The van der Waals surface area contributed by atoms with Crippen molar-refractivity contribution >= 4 is 27.4 Å². The number of benzene rings is 1. The lowest BCUT2D eigenvalue weighted by Crippen LogP contribution is -1.91. The SMILES string of the molecule is COc1cc2sc(=O)oc2cc1-c1cn[nH]c1N. The van der Waals surface area contributed by atoms with Crippen molar-refractivity contribution in [3.63, 3.8) is 0 Å². The second kappa shape index (κ2) is 3.88. The Morgan fingerprint density at radius 2 is 2.28 bits per heavy atom. The molecule has 0 aliphatic carbocycles. The van der Waals surface area contributed by atoms with E-state index in [1.807, 2.05) is 0 Å². The predicted molar refractivity (Wildman–Crippen MR) is 68.9 cm³/mol. The Balaban J connectivity index is 2.33. The first-order chi connectivity index (χ1) is 8.69. The van der Waals surface area contributed by atoms with Crippen molar-refractivity contribution in [2.45, 2.75) is 0 Å². The number of anilines is 1. The van der Waals surface area contributed by atoms with Gasteiger partial charge in [0.1, 0.15) is 17.2 Å². The van der Waals surface area contributed by atoms with E-state index in [-0.39, 0.29) is 4.94 Å². The van der Waals surface area contributed by atoms with E-state index in [1.165, 1.54) is 0 Å². The second-order valence-corrected chi connectivity index (χ2v) is 4.63. The molecule has 92 valence electrons. The molecule has 18 heavy (non-hydrogen) atoms. The first-order valence-corrected chi connectivity index (χ1v) is 5.91. The van der Waals surface area contributed by atoms with Crippen LogP contribution < -0.4 is 15.4 Å². The van der Waals surface area contributed by atoms with Gasteiger partial charge in [-0.25, -0.2) is 4.79 Å². The zero-order valence-corrected chi connectivity index (χ0v) is 10.2. The number of hydrogen-bond donors (Lipinski definition) is 2. The van der Waals surface area contributed by atoms with Crippen LogP contribution in [0.3, 0.4) is 0 Å². The lowest BCUT2D eigenvalue weighted by Gasteiger charge is -2.06. The molecule has 0 aliphatic heterocycles. The number of H-pyrrole nitrogens is 1. The average Bonchev–Trinajstić information content (AvgIpc) is 2.91. The number of hydrogen-bond acceptors (Lipinski definition) is 6. The molecule has 0 radical (unpaired) electrons. The first kappa shape index (κ1) is 10.8. The third kappa shape index (κ3) is 1.56. The molecular weight excluding hydrogens is 254 g/mol. The van der Waals surface area contributed by atoms with Gasteiger partial charge in [-0.15, -0.1) is 0 Å². The van der Waals surface area contributed by atoms with Gasteiger partial charge >= 0.3 is 4.94 Å². The zero-order valence-electron chi connectivity index (χ0n) is 9.39. The Kier molecular flexibility index (Phi) is 2.34. The molecular formula is C11H9N3O3S. The average molecular weight is 263 g/mol. The van der Waals surface area contributed by atoms with Gasteiger partial charge in [0, 0.05) is 17.2 Å². The van der Waals surface area contributed by atoms with Crippen LogP contribution in [0.2, 0.25) is 0 Å². The summed E-state index contributed by atoms with van der Waals surface area (Å²) in [6.45, 7) is 0. The number of fused-ring (bicyclic) bond motifs is 1. The molecule has 0 fully saturated rings. The Bertz CT molecular complexity index is 771. The quantitative estimate of drug-likeness (QED) is 0.735. The van der Waals surface area contributed by atoms with Crippen molar-refractivity contribution < 1.29 is 9.15 Å². The van der Waals surface area contributed by atoms with Gasteiger partial charge in [-0.1, -0.05) is 11.3 Å². The number of rotatable bonds is 2. The number of methoxy groups -OCH3 is 1. The fourth-order valence-corrected chi connectivity index (χ4v) is 2.47. The number of nitrogens with one attached hydrogen (secondary N) is 1. The van der Waals surface area contributed by atoms with Crippen LogP contribution in [0.15, 0.2) is 27.5 Å². The molecule has 7 heteroatoms. The number of nitrogens with two attached hydrogens (primary N) is 1. The minimum absolute atomic E-state index is 0.343. The summed E-state index contributed by atoms with van der Waals surface area (Å²) in [5, 5.41) is 6.52. The first-order valence-electron chi connectivity index (χ1n) is 5.10. The molecule has 0 bridgehead atoms. The summed E-state index contributed by atoms with van der Waals surface area (Å²) in [7, 11) is 1.56. The molecule has 0 spiro atoms. The van der Waals surface area contributed by atoms with Crippen molar-refractivity contribution in [1.29, 1.82) is 0 Å². The molecule has 3 aromatic rings. The van der Waals surface area contributed by atoms with Gasteiger partial charge in [0.2, 0.25) is 0 Å². The minimum atomic E-state index is -0.343. The van der Waals surface area contributed by atoms with Crippen LogP contribution >= 0.6 is 11.3 Å². The lowest BCUT2D eigenvalue weighted by atomic mass is 10.1. The van der Waals surface area contributed by atoms with E-state index in [9.17, 15) is 4.79 Å². The van der Waals surface area contributed by atoms with Gasteiger partial charge in [0.25, 0.3) is 0 Å². The van der Waals surface area contributed by atoms with E-state index >= 15 is 0 Å². The molecule has 0 unspecified atom stereocenters. The molecule has 0 atom stereocenters. The normalized spacial score (nSPS) is 10.9. The van der Waals surface area contributed by atoms with Crippen molar-refractivity contribution in [2.24, 2.45) is 0 Å². The molecule has 2 heterocycles. The van der Waals surface area contributed by atoms with Crippen LogP contribution in [0.1, 0.15) is 0 Å². The summed E-state index contributed by atoms with van der Waals surface area (Å²) >= 11 is 1.03.